The molecule has 1 amide bonds. The second kappa shape index (κ2) is 17.3. The van der Waals surface area contributed by atoms with Crippen LogP contribution in [-0.2, 0) is 42.9 Å². The van der Waals surface area contributed by atoms with Crippen LogP contribution in [0.5, 0.6) is 0 Å². The van der Waals surface area contributed by atoms with Gasteiger partial charge in [-0.1, -0.05) is 34.1 Å². The van der Waals surface area contributed by atoms with Crippen LogP contribution in [0.15, 0.2) is 0 Å². The van der Waals surface area contributed by atoms with Crippen LogP contribution in [0.2, 0.25) is 0 Å². The fraction of sp³-hybridized carbons (Fsp3) is 0.760. The van der Waals surface area contributed by atoms with E-state index >= 15 is 0 Å². The summed E-state index contributed by atoms with van der Waals surface area (Å²) in [6.07, 6.45) is 4.01. The highest BCUT2D eigenvalue weighted by molar-refractivity contribution is 8.15. The Bertz CT molecular complexity index is 870. The van der Waals surface area contributed by atoms with Crippen LogP contribution in [0, 0.1) is 11.8 Å². The first-order chi connectivity index (χ1) is 18.2. The number of nitrogens with one attached hydrogen (secondary N) is 1. The molecule has 1 fully saturated rings. The van der Waals surface area contributed by atoms with E-state index in [2.05, 4.69) is 5.32 Å². The first kappa shape index (κ1) is 34.5. The van der Waals surface area contributed by atoms with E-state index in [0.717, 1.165) is 19.3 Å². The summed E-state index contributed by atoms with van der Waals surface area (Å²) >= 11 is 1.14. The largest absolute Gasteiger partial charge is 0.461 e. The van der Waals surface area contributed by atoms with Crippen molar-refractivity contribution in [3.05, 3.63) is 0 Å². The lowest BCUT2D eigenvalue weighted by Crippen LogP contribution is -2.51. The maximum atomic E-state index is 13.0. The lowest BCUT2D eigenvalue weighted by atomic mass is 9.98. The van der Waals surface area contributed by atoms with Gasteiger partial charge in [0, 0.05) is 5.75 Å². The van der Waals surface area contributed by atoms with E-state index in [1.165, 1.54) is 13.8 Å². The third-order valence-corrected chi connectivity index (χ3v) is 7.21. The molecule has 0 aromatic rings. The van der Waals surface area contributed by atoms with Crippen LogP contribution in [0.1, 0.15) is 73.6 Å². The Hall–Kier alpha value is -2.48. The second-order valence-corrected chi connectivity index (χ2v) is 12.4. The summed E-state index contributed by atoms with van der Waals surface area (Å²) in [5.41, 5.74) is 0. The highest BCUT2D eigenvalue weighted by Crippen LogP contribution is 2.27. The first-order valence-corrected chi connectivity index (χ1v) is 14.5. The van der Waals surface area contributed by atoms with Gasteiger partial charge in [-0.3, -0.25) is 14.4 Å². The quantitative estimate of drug-likeness (QED) is 0.184. The fourth-order valence-electron chi connectivity index (χ4n) is 3.01. The van der Waals surface area contributed by atoms with Crippen LogP contribution >= 0.6 is 23.5 Å². The van der Waals surface area contributed by atoms with Gasteiger partial charge in [0.05, 0.1) is 16.6 Å². The minimum atomic E-state index is -1.39. The third kappa shape index (κ3) is 13.9. The summed E-state index contributed by atoms with van der Waals surface area (Å²) in [4.78, 5) is 73.2. The molecule has 1 aliphatic carbocycles. The Labute approximate surface area is 237 Å². The first-order valence-electron chi connectivity index (χ1n) is 12.7. The molecule has 0 radical (unpaired) electrons. The van der Waals surface area contributed by atoms with Gasteiger partial charge in [-0.05, 0) is 63.1 Å². The highest BCUT2D eigenvalue weighted by Gasteiger charge is 2.36. The second-order valence-electron chi connectivity index (χ2n) is 9.91. The summed E-state index contributed by atoms with van der Waals surface area (Å²) in [5.74, 6) is -3.48. The van der Waals surface area contributed by atoms with E-state index in [-0.39, 0.29) is 17.8 Å². The van der Waals surface area contributed by atoms with E-state index in [9.17, 15) is 28.8 Å². The summed E-state index contributed by atoms with van der Waals surface area (Å²) in [6, 6.07) is -1.22. The smallest absolute Gasteiger partial charge is 0.371 e. The van der Waals surface area contributed by atoms with Crippen LogP contribution < -0.4 is 5.32 Å². The number of carbonyl (C=O) groups is 6. The van der Waals surface area contributed by atoms with Crippen molar-refractivity contribution in [1.82, 2.24) is 5.32 Å². The molecule has 0 aromatic carbocycles. The standard InChI is InChI=1S/C25H39NO11S2/c1-15(2)19(27)33-13-35-23(31)38-12-18(21(29)37-17-10-8-7-9-11-17)26-22(30)25(5,6)39-24(32)36-14-34-20(28)16(3)4/h15-18H,7-14H2,1-6H3,(H,26,30)/t18-/m0/s1. The Kier molecular flexibility index (Phi) is 15.3. The van der Waals surface area contributed by atoms with E-state index in [0.29, 0.717) is 36.4 Å². The molecule has 39 heavy (non-hydrogen) atoms. The van der Waals surface area contributed by atoms with Crippen molar-refractivity contribution in [3.63, 3.8) is 0 Å². The number of rotatable bonds is 13. The van der Waals surface area contributed by atoms with E-state index in [1.54, 1.807) is 27.7 Å². The van der Waals surface area contributed by atoms with Crippen molar-refractivity contribution < 1.29 is 52.5 Å². The number of esters is 3. The lowest BCUT2D eigenvalue weighted by Gasteiger charge is -2.27. The minimum Gasteiger partial charge on any atom is -0.461 e. The molecule has 12 nitrogen and oxygen atoms in total. The maximum absolute atomic E-state index is 13.0. The summed E-state index contributed by atoms with van der Waals surface area (Å²) in [6.45, 7) is 8.23. The summed E-state index contributed by atoms with van der Waals surface area (Å²) < 4.78 is 23.5. The van der Waals surface area contributed by atoms with Crippen LogP contribution in [0.25, 0.3) is 0 Å². The number of thioether (sulfide) groups is 2. The van der Waals surface area contributed by atoms with Crippen molar-refractivity contribution in [2.45, 2.75) is 90.5 Å². The predicted octanol–water partition coefficient (Wildman–Crippen LogP) is 4.18. The predicted molar refractivity (Wildman–Crippen MR) is 144 cm³/mol. The van der Waals surface area contributed by atoms with Crippen molar-refractivity contribution in [2.24, 2.45) is 11.8 Å². The van der Waals surface area contributed by atoms with Gasteiger partial charge < -0.3 is 29.0 Å². The number of ether oxygens (including phenoxy) is 5. The molecule has 0 heterocycles. The Morgan fingerprint density at radius 2 is 1.28 bits per heavy atom. The summed E-state index contributed by atoms with van der Waals surface area (Å²) in [5, 5.41) is 0.870. The zero-order valence-corrected chi connectivity index (χ0v) is 24.9. The molecule has 0 aliphatic heterocycles. The molecule has 1 saturated carbocycles. The molecule has 0 spiro atoms. The topological polar surface area (TPSA) is 161 Å². The van der Waals surface area contributed by atoms with Gasteiger partial charge >= 0.3 is 28.5 Å². The summed E-state index contributed by atoms with van der Waals surface area (Å²) in [7, 11) is 0. The number of amides is 1. The van der Waals surface area contributed by atoms with Crippen molar-refractivity contribution in [1.29, 1.82) is 0 Å². The van der Waals surface area contributed by atoms with Gasteiger partial charge in [0.15, 0.2) is 0 Å². The van der Waals surface area contributed by atoms with Gasteiger partial charge in [-0.15, -0.1) is 0 Å². The maximum Gasteiger partial charge on any atom is 0.371 e. The van der Waals surface area contributed by atoms with Gasteiger partial charge in [0.25, 0.3) is 0 Å². The molecule has 1 aliphatic rings. The molecule has 222 valence electrons. The molecule has 14 heteroatoms. The molecular weight excluding hydrogens is 554 g/mol. The average molecular weight is 594 g/mol. The van der Waals surface area contributed by atoms with Gasteiger partial charge in [0.2, 0.25) is 19.5 Å². The van der Waals surface area contributed by atoms with Crippen LogP contribution in [0.3, 0.4) is 0 Å². The third-order valence-electron chi connectivity index (χ3n) is 5.38. The van der Waals surface area contributed by atoms with E-state index in [4.69, 9.17) is 23.7 Å². The molecule has 0 aromatic heterocycles. The SMILES string of the molecule is CC(C)C(=O)OCOC(=O)SC[C@H](NC(=O)C(C)(C)SC(=O)OCOC(=O)C(C)C)C(=O)OC1CCCCC1. The molecule has 0 unspecified atom stereocenters. The number of carbonyl (C=O) groups excluding carboxylic acids is 6. The Morgan fingerprint density at radius 1 is 0.769 bits per heavy atom. The molecule has 1 N–H and O–H groups in total. The molecule has 1 atom stereocenters. The van der Waals surface area contributed by atoms with Gasteiger partial charge in [-0.25, -0.2) is 14.4 Å². The Morgan fingerprint density at radius 3 is 1.79 bits per heavy atom. The molecular formula is C25H39NO11S2. The monoisotopic (exact) mass is 593 g/mol. The number of hydrogen-bond donors (Lipinski definition) is 1. The van der Waals surface area contributed by atoms with Gasteiger partial charge in [-0.2, -0.15) is 0 Å². The lowest BCUT2D eigenvalue weighted by molar-refractivity contribution is -0.156. The fourth-order valence-corrected chi connectivity index (χ4v) is 4.34. The molecule has 1 rings (SSSR count). The van der Waals surface area contributed by atoms with Gasteiger partial charge in [0.1, 0.15) is 12.1 Å². The molecule has 0 bridgehead atoms. The minimum absolute atomic E-state index is 0.218. The zero-order valence-electron chi connectivity index (χ0n) is 23.3. The van der Waals surface area contributed by atoms with Crippen LogP contribution in [-0.4, -0.2) is 70.6 Å². The van der Waals surface area contributed by atoms with E-state index in [1.807, 2.05) is 0 Å². The zero-order chi connectivity index (χ0) is 29.6. The van der Waals surface area contributed by atoms with Crippen molar-refractivity contribution >= 4 is 57.9 Å². The van der Waals surface area contributed by atoms with Crippen molar-refractivity contribution in [3.8, 4) is 0 Å². The normalized spacial score (nSPS) is 14.8. The Balaban J connectivity index is 2.73. The van der Waals surface area contributed by atoms with E-state index < -0.39 is 64.7 Å². The molecule has 0 saturated heterocycles. The van der Waals surface area contributed by atoms with Crippen molar-refractivity contribution in [2.75, 3.05) is 19.3 Å². The number of hydrogen-bond acceptors (Lipinski definition) is 13. The highest BCUT2D eigenvalue weighted by atomic mass is 32.2. The van der Waals surface area contributed by atoms with Crippen LogP contribution in [0.4, 0.5) is 9.59 Å². The average Bonchev–Trinajstić information content (AvgIpc) is 2.86.